The second-order valence-electron chi connectivity index (χ2n) is 4.65. The van der Waals surface area contributed by atoms with Crippen molar-refractivity contribution in [2.45, 2.75) is 45.4 Å². The molecule has 0 aromatic heterocycles. The molecular formula is C12H21NO3. The summed E-state index contributed by atoms with van der Waals surface area (Å²) in [6.45, 7) is 2.30. The molecule has 0 aliphatic heterocycles. The van der Waals surface area contributed by atoms with E-state index < -0.39 is 5.97 Å². The lowest BCUT2D eigenvalue weighted by Gasteiger charge is -2.11. The van der Waals surface area contributed by atoms with Crippen LogP contribution in [0.4, 0.5) is 0 Å². The second-order valence-corrected chi connectivity index (χ2v) is 4.65. The first-order chi connectivity index (χ1) is 7.61. The van der Waals surface area contributed by atoms with Gasteiger partial charge in [-0.05, 0) is 25.7 Å². The van der Waals surface area contributed by atoms with Crippen LogP contribution < -0.4 is 5.32 Å². The molecule has 4 heteroatoms. The Morgan fingerprint density at radius 1 is 1.38 bits per heavy atom. The van der Waals surface area contributed by atoms with Crippen LogP contribution >= 0.6 is 0 Å². The van der Waals surface area contributed by atoms with Gasteiger partial charge in [-0.2, -0.15) is 0 Å². The normalized spacial score (nSPS) is 18.3. The fraction of sp³-hybridized carbons (Fsp3) is 0.833. The molecule has 1 rings (SSSR count). The van der Waals surface area contributed by atoms with Crippen LogP contribution in [-0.2, 0) is 9.59 Å². The van der Waals surface area contributed by atoms with Crippen molar-refractivity contribution in [3.63, 3.8) is 0 Å². The van der Waals surface area contributed by atoms with Gasteiger partial charge in [0.05, 0.1) is 5.92 Å². The Morgan fingerprint density at radius 2 is 2.00 bits per heavy atom. The van der Waals surface area contributed by atoms with Gasteiger partial charge in [-0.3, -0.25) is 9.59 Å². The first-order valence-electron chi connectivity index (χ1n) is 6.11. The first kappa shape index (κ1) is 13.0. The summed E-state index contributed by atoms with van der Waals surface area (Å²) in [5, 5.41) is 11.6. The van der Waals surface area contributed by atoms with E-state index in [0.29, 0.717) is 13.0 Å². The van der Waals surface area contributed by atoms with Crippen molar-refractivity contribution < 1.29 is 14.7 Å². The molecule has 0 bridgehead atoms. The summed E-state index contributed by atoms with van der Waals surface area (Å²) >= 11 is 0. The minimum absolute atomic E-state index is 0.153. The maximum atomic E-state index is 11.6. The van der Waals surface area contributed by atoms with Crippen molar-refractivity contribution in [1.29, 1.82) is 0 Å². The quantitative estimate of drug-likeness (QED) is 0.680. The molecule has 16 heavy (non-hydrogen) atoms. The highest BCUT2D eigenvalue weighted by Crippen LogP contribution is 2.24. The molecule has 0 aromatic carbocycles. The van der Waals surface area contributed by atoms with Crippen molar-refractivity contribution >= 4 is 11.9 Å². The van der Waals surface area contributed by atoms with E-state index in [-0.39, 0.29) is 17.7 Å². The van der Waals surface area contributed by atoms with Crippen molar-refractivity contribution in [3.05, 3.63) is 0 Å². The zero-order chi connectivity index (χ0) is 12.0. The van der Waals surface area contributed by atoms with Crippen molar-refractivity contribution in [2.75, 3.05) is 6.54 Å². The molecule has 1 atom stereocenters. The van der Waals surface area contributed by atoms with Crippen LogP contribution in [-0.4, -0.2) is 23.5 Å². The highest BCUT2D eigenvalue weighted by Gasteiger charge is 2.22. The lowest BCUT2D eigenvalue weighted by atomic mass is 10.1. The average Bonchev–Trinajstić information content (AvgIpc) is 2.76. The van der Waals surface area contributed by atoms with Crippen LogP contribution in [0.15, 0.2) is 0 Å². The summed E-state index contributed by atoms with van der Waals surface area (Å²) in [4.78, 5) is 22.1. The number of nitrogens with one attached hydrogen (secondary N) is 1. The zero-order valence-corrected chi connectivity index (χ0v) is 9.87. The van der Waals surface area contributed by atoms with E-state index in [4.69, 9.17) is 5.11 Å². The number of rotatable bonds is 6. The molecule has 1 saturated carbocycles. The molecule has 1 aliphatic carbocycles. The number of carboxylic acid groups (broad SMARTS) is 1. The Bertz CT molecular complexity index is 247. The number of hydrogen-bond donors (Lipinski definition) is 2. The standard InChI is InChI=1S/C12H21NO3/c1-9(12(15)16)5-4-8-13-11(14)10-6-2-3-7-10/h9-10H,2-8H2,1H3,(H,13,14)(H,15,16). The summed E-state index contributed by atoms with van der Waals surface area (Å²) in [5.74, 6) is -0.720. The van der Waals surface area contributed by atoms with E-state index in [1.165, 1.54) is 0 Å². The molecule has 4 nitrogen and oxygen atoms in total. The second kappa shape index (κ2) is 6.51. The number of aliphatic carboxylic acids is 1. The smallest absolute Gasteiger partial charge is 0.306 e. The molecule has 1 aliphatic rings. The average molecular weight is 227 g/mol. The maximum Gasteiger partial charge on any atom is 0.306 e. The number of carbonyl (C=O) groups excluding carboxylic acids is 1. The lowest BCUT2D eigenvalue weighted by molar-refractivity contribution is -0.141. The largest absolute Gasteiger partial charge is 0.481 e. The molecule has 92 valence electrons. The fourth-order valence-corrected chi connectivity index (χ4v) is 2.08. The van der Waals surface area contributed by atoms with Crippen LogP contribution in [0.2, 0.25) is 0 Å². The van der Waals surface area contributed by atoms with Gasteiger partial charge in [0.25, 0.3) is 0 Å². The summed E-state index contributed by atoms with van der Waals surface area (Å²) in [6, 6.07) is 0. The van der Waals surface area contributed by atoms with Gasteiger partial charge in [0.2, 0.25) is 5.91 Å². The predicted octanol–water partition coefficient (Wildman–Crippen LogP) is 1.79. The van der Waals surface area contributed by atoms with E-state index in [2.05, 4.69) is 5.32 Å². The molecule has 0 aromatic rings. The molecule has 1 fully saturated rings. The number of carbonyl (C=O) groups is 2. The van der Waals surface area contributed by atoms with Gasteiger partial charge in [0.1, 0.15) is 0 Å². The summed E-state index contributed by atoms with van der Waals surface area (Å²) in [5.41, 5.74) is 0. The zero-order valence-electron chi connectivity index (χ0n) is 9.87. The molecule has 0 spiro atoms. The van der Waals surface area contributed by atoms with Crippen LogP contribution in [0.3, 0.4) is 0 Å². The lowest BCUT2D eigenvalue weighted by Crippen LogP contribution is -2.30. The molecular weight excluding hydrogens is 206 g/mol. The Balaban J connectivity index is 2.06. The van der Waals surface area contributed by atoms with Crippen LogP contribution in [0.25, 0.3) is 0 Å². The van der Waals surface area contributed by atoms with Gasteiger partial charge in [-0.15, -0.1) is 0 Å². The van der Waals surface area contributed by atoms with Gasteiger partial charge in [-0.1, -0.05) is 19.8 Å². The summed E-state index contributed by atoms with van der Waals surface area (Å²) in [7, 11) is 0. The number of hydrogen-bond acceptors (Lipinski definition) is 2. The maximum absolute atomic E-state index is 11.6. The molecule has 1 amide bonds. The Kier molecular flexibility index (Phi) is 5.29. The highest BCUT2D eigenvalue weighted by atomic mass is 16.4. The Hall–Kier alpha value is -1.06. The Labute approximate surface area is 96.4 Å². The van der Waals surface area contributed by atoms with Crippen LogP contribution in [0, 0.1) is 11.8 Å². The van der Waals surface area contributed by atoms with Gasteiger partial charge in [0.15, 0.2) is 0 Å². The predicted molar refractivity (Wildman–Crippen MR) is 61.0 cm³/mol. The monoisotopic (exact) mass is 227 g/mol. The SMILES string of the molecule is CC(CCCNC(=O)C1CCCC1)C(=O)O. The molecule has 2 N–H and O–H groups in total. The summed E-state index contributed by atoms with van der Waals surface area (Å²) < 4.78 is 0. The van der Waals surface area contributed by atoms with E-state index in [9.17, 15) is 9.59 Å². The molecule has 0 heterocycles. The van der Waals surface area contributed by atoms with Gasteiger partial charge < -0.3 is 10.4 Å². The van der Waals surface area contributed by atoms with Crippen LogP contribution in [0.1, 0.15) is 45.4 Å². The van der Waals surface area contributed by atoms with E-state index >= 15 is 0 Å². The summed E-state index contributed by atoms with van der Waals surface area (Å²) in [6.07, 6.45) is 5.71. The molecule has 0 radical (unpaired) electrons. The van der Waals surface area contributed by atoms with Crippen molar-refractivity contribution in [2.24, 2.45) is 11.8 Å². The third-order valence-electron chi connectivity index (χ3n) is 3.26. The first-order valence-corrected chi connectivity index (χ1v) is 6.11. The third-order valence-corrected chi connectivity index (χ3v) is 3.26. The highest BCUT2D eigenvalue weighted by molar-refractivity contribution is 5.78. The van der Waals surface area contributed by atoms with Crippen LogP contribution in [0.5, 0.6) is 0 Å². The van der Waals surface area contributed by atoms with Gasteiger partial charge in [-0.25, -0.2) is 0 Å². The van der Waals surface area contributed by atoms with Crippen molar-refractivity contribution in [3.8, 4) is 0 Å². The topological polar surface area (TPSA) is 66.4 Å². The van der Waals surface area contributed by atoms with Gasteiger partial charge >= 0.3 is 5.97 Å². The van der Waals surface area contributed by atoms with E-state index in [1.807, 2.05) is 0 Å². The van der Waals surface area contributed by atoms with E-state index in [1.54, 1.807) is 6.92 Å². The van der Waals surface area contributed by atoms with E-state index in [0.717, 1.165) is 32.1 Å². The number of carboxylic acids is 1. The fourth-order valence-electron chi connectivity index (χ4n) is 2.08. The minimum Gasteiger partial charge on any atom is -0.481 e. The third kappa shape index (κ3) is 4.21. The minimum atomic E-state index is -0.762. The molecule has 0 saturated heterocycles. The molecule has 1 unspecified atom stereocenters. The Morgan fingerprint density at radius 3 is 2.56 bits per heavy atom. The van der Waals surface area contributed by atoms with Gasteiger partial charge in [0, 0.05) is 12.5 Å². The number of amides is 1. The van der Waals surface area contributed by atoms with Crippen molar-refractivity contribution in [1.82, 2.24) is 5.32 Å².